The Kier molecular flexibility index (Phi) is 2.49. The number of phosphoric ester groups is 1. The van der Waals surface area contributed by atoms with E-state index >= 15 is 0 Å². The first kappa shape index (κ1) is 9.66. The average Bonchev–Trinajstić information content (AvgIpc) is 2.80. The van der Waals surface area contributed by atoms with Crippen LogP contribution >= 0.6 is 7.82 Å². The van der Waals surface area contributed by atoms with Gasteiger partial charge in [-0.25, -0.2) is 4.57 Å². The zero-order valence-corrected chi connectivity index (χ0v) is 8.32. The fourth-order valence-corrected chi connectivity index (χ4v) is 2.26. The maximum Gasteiger partial charge on any atom is 0.469 e. The van der Waals surface area contributed by atoms with Crippen molar-refractivity contribution >= 4 is 7.82 Å². The van der Waals surface area contributed by atoms with Crippen molar-refractivity contribution in [1.29, 1.82) is 0 Å². The Morgan fingerprint density at radius 2 is 1.69 bits per heavy atom. The summed E-state index contributed by atoms with van der Waals surface area (Å²) in [7, 11) is -4.24. The lowest BCUT2D eigenvalue weighted by Crippen LogP contribution is -2.13. The van der Waals surface area contributed by atoms with E-state index in [1.165, 1.54) is 25.7 Å². The van der Waals surface area contributed by atoms with Crippen LogP contribution in [-0.4, -0.2) is 16.4 Å². The van der Waals surface area contributed by atoms with Gasteiger partial charge in [0.1, 0.15) is 0 Å². The fourth-order valence-electron chi connectivity index (χ4n) is 1.89. The van der Waals surface area contributed by atoms with Crippen molar-refractivity contribution in [2.24, 2.45) is 17.8 Å². The molecule has 0 heterocycles. The van der Waals surface area contributed by atoms with Crippen molar-refractivity contribution in [3.63, 3.8) is 0 Å². The standard InChI is InChI=1S/C8H15O4P/c9-13(10,11)12-5-8(6-1-2-6)7-3-4-7/h6-8H,1-5H2,(H2,9,10,11). The number of rotatable bonds is 5. The summed E-state index contributed by atoms with van der Waals surface area (Å²) in [6.07, 6.45) is 4.86. The SMILES string of the molecule is O=P(O)(O)OCC(C1CC1)C1CC1. The predicted molar refractivity (Wildman–Crippen MR) is 46.9 cm³/mol. The lowest BCUT2D eigenvalue weighted by atomic mass is 9.99. The van der Waals surface area contributed by atoms with E-state index < -0.39 is 7.82 Å². The summed E-state index contributed by atoms with van der Waals surface area (Å²) in [4.78, 5) is 17.1. The first-order valence-corrected chi connectivity index (χ1v) is 6.29. The predicted octanol–water partition coefficient (Wildman–Crippen LogP) is 1.53. The van der Waals surface area contributed by atoms with Crippen LogP contribution in [0.1, 0.15) is 25.7 Å². The molecule has 2 aliphatic carbocycles. The molecule has 0 saturated heterocycles. The van der Waals surface area contributed by atoms with Crippen LogP contribution in [0.2, 0.25) is 0 Å². The minimum Gasteiger partial charge on any atom is -0.303 e. The largest absolute Gasteiger partial charge is 0.469 e. The van der Waals surface area contributed by atoms with Crippen LogP contribution in [0.15, 0.2) is 0 Å². The quantitative estimate of drug-likeness (QED) is 0.669. The monoisotopic (exact) mass is 206 g/mol. The summed E-state index contributed by atoms with van der Waals surface area (Å²) in [6.45, 7) is 0.250. The third-order valence-corrected chi connectivity index (χ3v) is 3.38. The highest BCUT2D eigenvalue weighted by Gasteiger charge is 2.42. The molecule has 0 aromatic heterocycles. The minimum atomic E-state index is -4.24. The number of hydrogen-bond acceptors (Lipinski definition) is 2. The second-order valence-corrected chi connectivity index (χ2v) is 5.36. The van der Waals surface area contributed by atoms with Crippen LogP contribution in [0.3, 0.4) is 0 Å². The molecule has 4 nitrogen and oxygen atoms in total. The summed E-state index contributed by atoms with van der Waals surface area (Å²) in [5.74, 6) is 1.77. The summed E-state index contributed by atoms with van der Waals surface area (Å²) in [6, 6.07) is 0. The van der Waals surface area contributed by atoms with Gasteiger partial charge in [-0.2, -0.15) is 0 Å². The highest BCUT2D eigenvalue weighted by molar-refractivity contribution is 7.46. The Morgan fingerprint density at radius 1 is 1.23 bits per heavy atom. The topological polar surface area (TPSA) is 66.8 Å². The van der Waals surface area contributed by atoms with Crippen molar-refractivity contribution < 1.29 is 18.9 Å². The van der Waals surface area contributed by atoms with Gasteiger partial charge in [-0.1, -0.05) is 0 Å². The summed E-state index contributed by atoms with van der Waals surface area (Å²) in [5, 5.41) is 0. The zero-order valence-electron chi connectivity index (χ0n) is 7.43. The Labute approximate surface area is 77.5 Å². The molecule has 2 fully saturated rings. The molecular formula is C8H15O4P. The zero-order chi connectivity index (χ0) is 9.47. The molecule has 0 bridgehead atoms. The van der Waals surface area contributed by atoms with Gasteiger partial charge in [-0.3, -0.25) is 4.52 Å². The van der Waals surface area contributed by atoms with E-state index in [-0.39, 0.29) is 6.61 Å². The summed E-state index contributed by atoms with van der Waals surface area (Å²) < 4.78 is 15.1. The number of phosphoric acid groups is 1. The fraction of sp³-hybridized carbons (Fsp3) is 1.00. The van der Waals surface area contributed by atoms with Gasteiger partial charge < -0.3 is 9.79 Å². The molecule has 5 heteroatoms. The van der Waals surface area contributed by atoms with Crippen molar-refractivity contribution in [3.05, 3.63) is 0 Å². The van der Waals surface area contributed by atoms with E-state index in [1.807, 2.05) is 0 Å². The van der Waals surface area contributed by atoms with Crippen molar-refractivity contribution in [3.8, 4) is 0 Å². The van der Waals surface area contributed by atoms with Gasteiger partial charge in [0, 0.05) is 0 Å². The molecular weight excluding hydrogens is 191 g/mol. The van der Waals surface area contributed by atoms with Crippen LogP contribution in [0.4, 0.5) is 0 Å². The third kappa shape index (κ3) is 3.06. The van der Waals surface area contributed by atoms with Gasteiger partial charge in [0.15, 0.2) is 0 Å². The molecule has 2 aliphatic rings. The Hall–Kier alpha value is 0.110. The van der Waals surface area contributed by atoms with Gasteiger partial charge in [-0.05, 0) is 43.4 Å². The molecule has 0 aliphatic heterocycles. The smallest absolute Gasteiger partial charge is 0.303 e. The van der Waals surface area contributed by atoms with E-state index in [0.29, 0.717) is 17.8 Å². The molecule has 76 valence electrons. The third-order valence-electron chi connectivity index (χ3n) is 2.89. The molecule has 0 unspecified atom stereocenters. The lowest BCUT2D eigenvalue weighted by molar-refractivity contribution is 0.150. The molecule has 2 N–H and O–H groups in total. The van der Waals surface area contributed by atoms with Crippen LogP contribution in [0, 0.1) is 17.8 Å². The maximum atomic E-state index is 10.5. The Bertz CT molecular complexity index is 216. The highest BCUT2D eigenvalue weighted by atomic mass is 31.2. The van der Waals surface area contributed by atoms with Crippen LogP contribution in [0.25, 0.3) is 0 Å². The molecule has 0 aromatic rings. The van der Waals surface area contributed by atoms with Crippen LogP contribution in [0.5, 0.6) is 0 Å². The second kappa shape index (κ2) is 3.35. The average molecular weight is 206 g/mol. The highest BCUT2D eigenvalue weighted by Crippen LogP contribution is 2.51. The van der Waals surface area contributed by atoms with Crippen LogP contribution in [-0.2, 0) is 9.09 Å². The normalized spacial score (nSPS) is 23.9. The molecule has 0 amide bonds. The van der Waals surface area contributed by atoms with Gasteiger partial charge in [-0.15, -0.1) is 0 Å². The minimum absolute atomic E-state index is 0.250. The number of hydrogen-bond donors (Lipinski definition) is 2. The molecule has 2 rings (SSSR count). The second-order valence-electron chi connectivity index (χ2n) is 4.13. The molecule has 0 spiro atoms. The first-order valence-electron chi connectivity index (χ1n) is 4.76. The lowest BCUT2D eigenvalue weighted by Gasteiger charge is -2.15. The van der Waals surface area contributed by atoms with E-state index in [0.717, 1.165) is 0 Å². The first-order chi connectivity index (χ1) is 6.06. The molecule has 0 aromatic carbocycles. The molecule has 0 radical (unpaired) electrons. The van der Waals surface area contributed by atoms with Gasteiger partial charge >= 0.3 is 7.82 Å². The molecule has 13 heavy (non-hydrogen) atoms. The van der Waals surface area contributed by atoms with Gasteiger partial charge in [0.25, 0.3) is 0 Å². The van der Waals surface area contributed by atoms with Gasteiger partial charge in [0.2, 0.25) is 0 Å². The van der Waals surface area contributed by atoms with Crippen molar-refractivity contribution in [2.45, 2.75) is 25.7 Å². The Morgan fingerprint density at radius 3 is 2.00 bits per heavy atom. The van der Waals surface area contributed by atoms with E-state index in [1.54, 1.807) is 0 Å². The molecule has 2 saturated carbocycles. The van der Waals surface area contributed by atoms with Crippen molar-refractivity contribution in [1.82, 2.24) is 0 Å². The van der Waals surface area contributed by atoms with Gasteiger partial charge in [0.05, 0.1) is 6.61 Å². The van der Waals surface area contributed by atoms with Crippen molar-refractivity contribution in [2.75, 3.05) is 6.61 Å². The molecule has 0 atom stereocenters. The van der Waals surface area contributed by atoms with E-state index in [2.05, 4.69) is 4.52 Å². The van der Waals surface area contributed by atoms with E-state index in [9.17, 15) is 4.57 Å². The summed E-state index contributed by atoms with van der Waals surface area (Å²) in [5.41, 5.74) is 0. The Balaban J connectivity index is 1.79. The maximum absolute atomic E-state index is 10.5. The summed E-state index contributed by atoms with van der Waals surface area (Å²) >= 11 is 0. The van der Waals surface area contributed by atoms with E-state index in [4.69, 9.17) is 9.79 Å². The van der Waals surface area contributed by atoms with Crippen LogP contribution < -0.4 is 0 Å².